The van der Waals surface area contributed by atoms with Gasteiger partial charge in [0.1, 0.15) is 17.4 Å². The van der Waals surface area contributed by atoms with Gasteiger partial charge >= 0.3 is 5.97 Å². The average Bonchev–Trinajstić information content (AvgIpc) is 2.27. The number of carbonyl (C=O) groups is 1. The number of benzene rings is 1. The lowest BCUT2D eigenvalue weighted by Crippen LogP contribution is -2.38. The van der Waals surface area contributed by atoms with E-state index in [0.29, 0.717) is 6.42 Å². The SMILES string of the molecule is COc1ccc(CC(N)C(=O)OC(C)(C)C)cc1Br. The molecule has 0 bridgehead atoms. The summed E-state index contributed by atoms with van der Waals surface area (Å²) in [7, 11) is 1.60. The number of ether oxygens (including phenoxy) is 2. The van der Waals surface area contributed by atoms with Crippen LogP contribution in [-0.2, 0) is 16.0 Å². The van der Waals surface area contributed by atoms with Gasteiger partial charge in [0.25, 0.3) is 0 Å². The van der Waals surface area contributed by atoms with E-state index in [4.69, 9.17) is 15.2 Å². The van der Waals surface area contributed by atoms with Gasteiger partial charge in [0, 0.05) is 0 Å². The Morgan fingerprint density at radius 3 is 2.53 bits per heavy atom. The Morgan fingerprint density at radius 1 is 1.42 bits per heavy atom. The topological polar surface area (TPSA) is 61.5 Å². The van der Waals surface area contributed by atoms with Gasteiger partial charge in [-0.2, -0.15) is 0 Å². The van der Waals surface area contributed by atoms with Gasteiger partial charge < -0.3 is 15.2 Å². The Hall–Kier alpha value is -1.07. The van der Waals surface area contributed by atoms with E-state index in [9.17, 15) is 4.79 Å². The van der Waals surface area contributed by atoms with Crippen LogP contribution in [0.1, 0.15) is 26.3 Å². The molecule has 0 heterocycles. The van der Waals surface area contributed by atoms with Crippen LogP contribution < -0.4 is 10.5 Å². The standard InChI is InChI=1S/C14H20BrNO3/c1-14(2,3)19-13(17)11(16)8-9-5-6-12(18-4)10(15)7-9/h5-7,11H,8,16H2,1-4H3. The molecular formula is C14H20BrNO3. The second-order valence-corrected chi connectivity index (χ2v) is 6.17. The van der Waals surface area contributed by atoms with Crippen LogP contribution in [-0.4, -0.2) is 24.7 Å². The molecule has 106 valence electrons. The van der Waals surface area contributed by atoms with Gasteiger partial charge in [0.05, 0.1) is 11.6 Å². The average molecular weight is 330 g/mol. The number of esters is 1. The first-order chi connectivity index (χ1) is 8.73. The van der Waals surface area contributed by atoms with E-state index in [-0.39, 0.29) is 5.97 Å². The summed E-state index contributed by atoms with van der Waals surface area (Å²) >= 11 is 3.40. The maximum absolute atomic E-state index is 11.8. The van der Waals surface area contributed by atoms with Gasteiger partial charge in [-0.25, -0.2) is 0 Å². The van der Waals surface area contributed by atoms with Crippen LogP contribution in [0.2, 0.25) is 0 Å². The second-order valence-electron chi connectivity index (χ2n) is 5.31. The fourth-order valence-electron chi connectivity index (χ4n) is 1.55. The quantitative estimate of drug-likeness (QED) is 0.862. The minimum absolute atomic E-state index is 0.389. The molecule has 0 amide bonds. The maximum atomic E-state index is 11.8. The molecule has 19 heavy (non-hydrogen) atoms. The van der Waals surface area contributed by atoms with Crippen molar-refractivity contribution in [2.45, 2.75) is 38.8 Å². The monoisotopic (exact) mass is 329 g/mol. The zero-order chi connectivity index (χ0) is 14.6. The van der Waals surface area contributed by atoms with Crippen molar-refractivity contribution < 1.29 is 14.3 Å². The van der Waals surface area contributed by atoms with Gasteiger partial charge in [0.15, 0.2) is 0 Å². The maximum Gasteiger partial charge on any atom is 0.323 e. The van der Waals surface area contributed by atoms with Crippen molar-refractivity contribution in [3.63, 3.8) is 0 Å². The van der Waals surface area contributed by atoms with Crippen molar-refractivity contribution >= 4 is 21.9 Å². The molecule has 1 rings (SSSR count). The van der Waals surface area contributed by atoms with E-state index in [1.54, 1.807) is 7.11 Å². The van der Waals surface area contributed by atoms with Crippen molar-refractivity contribution in [2.24, 2.45) is 5.73 Å². The van der Waals surface area contributed by atoms with E-state index in [1.165, 1.54) is 0 Å². The van der Waals surface area contributed by atoms with Crippen LogP contribution in [0.25, 0.3) is 0 Å². The summed E-state index contributed by atoms with van der Waals surface area (Å²) in [6, 6.07) is 4.94. The van der Waals surface area contributed by atoms with Gasteiger partial charge in [0.2, 0.25) is 0 Å². The molecule has 5 heteroatoms. The lowest BCUT2D eigenvalue weighted by atomic mass is 10.1. The highest BCUT2D eigenvalue weighted by Crippen LogP contribution is 2.26. The number of halogens is 1. The Kier molecular flexibility index (Phi) is 5.38. The smallest absolute Gasteiger partial charge is 0.323 e. The van der Waals surface area contributed by atoms with Crippen LogP contribution in [0.3, 0.4) is 0 Å². The minimum atomic E-state index is -0.667. The second kappa shape index (κ2) is 6.39. The van der Waals surface area contributed by atoms with Gasteiger partial charge in [-0.05, 0) is 60.8 Å². The lowest BCUT2D eigenvalue weighted by Gasteiger charge is -2.22. The minimum Gasteiger partial charge on any atom is -0.496 e. The first-order valence-corrected chi connectivity index (χ1v) is 6.83. The molecule has 2 N–H and O–H groups in total. The summed E-state index contributed by atoms with van der Waals surface area (Å²) < 4.78 is 11.2. The predicted molar refractivity (Wildman–Crippen MR) is 78.2 cm³/mol. The van der Waals surface area contributed by atoms with Gasteiger partial charge in [-0.3, -0.25) is 4.79 Å². The summed E-state index contributed by atoms with van der Waals surface area (Å²) in [5.41, 5.74) is 6.29. The molecule has 0 aliphatic rings. The molecule has 1 aromatic carbocycles. The molecule has 0 fully saturated rings. The molecule has 0 saturated carbocycles. The zero-order valence-corrected chi connectivity index (χ0v) is 13.3. The third kappa shape index (κ3) is 5.20. The third-order valence-corrected chi connectivity index (χ3v) is 3.00. The summed E-state index contributed by atoms with van der Waals surface area (Å²) in [4.78, 5) is 11.8. The largest absolute Gasteiger partial charge is 0.496 e. The van der Waals surface area contributed by atoms with Crippen LogP contribution in [0.15, 0.2) is 22.7 Å². The van der Waals surface area contributed by atoms with Crippen LogP contribution in [0, 0.1) is 0 Å². The highest BCUT2D eigenvalue weighted by atomic mass is 79.9. The van der Waals surface area contributed by atoms with Crippen LogP contribution in [0.4, 0.5) is 0 Å². The molecule has 0 spiro atoms. The highest BCUT2D eigenvalue weighted by Gasteiger charge is 2.22. The summed E-state index contributed by atoms with van der Waals surface area (Å²) in [6.45, 7) is 5.46. The number of nitrogens with two attached hydrogens (primary N) is 1. The number of carbonyl (C=O) groups excluding carboxylic acids is 1. The summed E-state index contributed by atoms with van der Waals surface area (Å²) in [6.07, 6.45) is 0.428. The molecule has 1 atom stereocenters. The predicted octanol–water partition coefficient (Wildman–Crippen LogP) is 2.67. The van der Waals surface area contributed by atoms with E-state index >= 15 is 0 Å². The number of rotatable bonds is 4. The molecule has 1 aromatic rings. The Labute approximate surface area is 122 Å². The molecule has 1 unspecified atom stereocenters. The van der Waals surface area contributed by atoms with Gasteiger partial charge in [-0.1, -0.05) is 6.07 Å². The van der Waals surface area contributed by atoms with Crippen LogP contribution >= 0.6 is 15.9 Å². The number of methoxy groups -OCH3 is 1. The zero-order valence-electron chi connectivity index (χ0n) is 11.7. The van der Waals surface area contributed by atoms with Crippen molar-refractivity contribution in [1.82, 2.24) is 0 Å². The highest BCUT2D eigenvalue weighted by molar-refractivity contribution is 9.10. The first kappa shape index (κ1) is 16.0. The molecule has 0 aliphatic carbocycles. The fourth-order valence-corrected chi connectivity index (χ4v) is 2.14. The molecule has 0 radical (unpaired) electrons. The Balaban J connectivity index is 2.69. The van der Waals surface area contributed by atoms with Crippen molar-refractivity contribution in [2.75, 3.05) is 7.11 Å². The normalized spacial score (nSPS) is 12.9. The summed E-state index contributed by atoms with van der Waals surface area (Å²) in [5, 5.41) is 0. The Bertz CT molecular complexity index is 454. The fraction of sp³-hybridized carbons (Fsp3) is 0.500. The van der Waals surface area contributed by atoms with Crippen LogP contribution in [0.5, 0.6) is 5.75 Å². The van der Waals surface area contributed by atoms with E-state index in [1.807, 2.05) is 39.0 Å². The third-order valence-electron chi connectivity index (χ3n) is 2.38. The van der Waals surface area contributed by atoms with Gasteiger partial charge in [-0.15, -0.1) is 0 Å². The molecular weight excluding hydrogens is 310 g/mol. The van der Waals surface area contributed by atoms with Crippen molar-refractivity contribution in [3.05, 3.63) is 28.2 Å². The van der Waals surface area contributed by atoms with E-state index in [2.05, 4.69) is 15.9 Å². The Morgan fingerprint density at radius 2 is 2.05 bits per heavy atom. The van der Waals surface area contributed by atoms with E-state index < -0.39 is 11.6 Å². The molecule has 0 aromatic heterocycles. The van der Waals surface area contributed by atoms with E-state index in [0.717, 1.165) is 15.8 Å². The van der Waals surface area contributed by atoms with Crippen molar-refractivity contribution in [1.29, 1.82) is 0 Å². The molecule has 4 nitrogen and oxygen atoms in total. The number of hydrogen-bond acceptors (Lipinski definition) is 4. The molecule has 0 aliphatic heterocycles. The molecule has 0 saturated heterocycles. The van der Waals surface area contributed by atoms with Crippen molar-refractivity contribution in [3.8, 4) is 5.75 Å². The lowest BCUT2D eigenvalue weighted by molar-refractivity contribution is -0.156. The summed E-state index contributed by atoms with van der Waals surface area (Å²) in [5.74, 6) is 0.356. The first-order valence-electron chi connectivity index (χ1n) is 6.04. The number of hydrogen-bond donors (Lipinski definition) is 1.